The Kier molecular flexibility index (Phi) is 8.24. The third kappa shape index (κ3) is 5.92. The minimum Gasteiger partial charge on any atom is -0.497 e. The molecule has 174 valence electrons. The van der Waals surface area contributed by atoms with Gasteiger partial charge in [-0.15, -0.1) is 0 Å². The quantitative estimate of drug-likeness (QED) is 0.498. The Morgan fingerprint density at radius 3 is 1.76 bits per heavy atom. The maximum Gasteiger partial charge on any atom is 0.335 e. The lowest BCUT2D eigenvalue weighted by molar-refractivity contribution is 0.0696. The Morgan fingerprint density at radius 2 is 1.30 bits per heavy atom. The number of hydrogen-bond acceptors (Lipinski definition) is 4. The van der Waals surface area contributed by atoms with E-state index in [1.165, 1.54) is 40.5 Å². The van der Waals surface area contributed by atoms with E-state index in [1.807, 2.05) is 12.1 Å². The molecule has 0 aliphatic rings. The molecule has 0 amide bonds. The van der Waals surface area contributed by atoms with Gasteiger partial charge in [-0.2, -0.15) is 0 Å². The molecule has 0 spiro atoms. The molecule has 0 saturated heterocycles. The second-order valence-electron chi connectivity index (χ2n) is 8.11. The molecule has 0 fully saturated rings. The van der Waals surface area contributed by atoms with Crippen molar-refractivity contribution < 1.29 is 29.3 Å². The fraction of sp³-hybridized carbons (Fsp3) is 0.259. The van der Waals surface area contributed by atoms with E-state index in [0.29, 0.717) is 0 Å². The minimum atomic E-state index is -1.13. The first-order valence-corrected chi connectivity index (χ1v) is 10.4. The molecular formula is C27H30O6. The van der Waals surface area contributed by atoms with Gasteiger partial charge in [-0.25, -0.2) is 9.59 Å². The maximum atomic E-state index is 10.4. The Bertz CT molecular complexity index is 1100. The molecule has 6 heteroatoms. The highest BCUT2D eigenvalue weighted by atomic mass is 16.5. The summed E-state index contributed by atoms with van der Waals surface area (Å²) >= 11 is 0. The second kappa shape index (κ2) is 10.7. The van der Waals surface area contributed by atoms with Crippen molar-refractivity contribution >= 4 is 11.9 Å². The van der Waals surface area contributed by atoms with Crippen LogP contribution in [-0.4, -0.2) is 36.4 Å². The molecule has 0 aromatic heterocycles. The lowest BCUT2D eigenvalue weighted by Gasteiger charge is -2.29. The largest absolute Gasteiger partial charge is 0.497 e. The lowest BCUT2D eigenvalue weighted by atomic mass is 9.75. The average Bonchev–Trinajstić information content (AvgIpc) is 2.81. The normalized spacial score (nSPS) is 10.6. The van der Waals surface area contributed by atoms with Crippen molar-refractivity contribution in [2.45, 2.75) is 33.1 Å². The number of carboxylic acid groups (broad SMARTS) is 2. The molecule has 6 nitrogen and oxygen atoms in total. The Hall–Kier alpha value is -3.80. The zero-order chi connectivity index (χ0) is 24.8. The summed E-state index contributed by atoms with van der Waals surface area (Å²) in [5.41, 5.74) is 4.99. The third-order valence-electron chi connectivity index (χ3n) is 5.80. The van der Waals surface area contributed by atoms with E-state index in [0.717, 1.165) is 17.6 Å². The van der Waals surface area contributed by atoms with Gasteiger partial charge in [0.1, 0.15) is 11.5 Å². The van der Waals surface area contributed by atoms with Gasteiger partial charge >= 0.3 is 11.9 Å². The number of benzene rings is 3. The molecule has 0 saturated carbocycles. The summed E-state index contributed by atoms with van der Waals surface area (Å²) in [4.78, 5) is 20.8. The average molecular weight is 451 g/mol. The molecule has 0 bridgehead atoms. The van der Waals surface area contributed by atoms with Gasteiger partial charge < -0.3 is 19.7 Å². The topological polar surface area (TPSA) is 93.1 Å². The molecule has 3 aromatic rings. The number of carbonyl (C=O) groups is 2. The molecule has 0 aliphatic heterocycles. The molecule has 0 atom stereocenters. The van der Waals surface area contributed by atoms with Crippen LogP contribution in [0.5, 0.6) is 11.5 Å². The van der Waals surface area contributed by atoms with Gasteiger partial charge in [0, 0.05) is 5.41 Å². The smallest absolute Gasteiger partial charge is 0.335 e. The minimum absolute atomic E-state index is 0.0186. The van der Waals surface area contributed by atoms with E-state index in [4.69, 9.17) is 19.7 Å². The summed E-state index contributed by atoms with van der Waals surface area (Å²) in [5, 5.41) is 17.0. The van der Waals surface area contributed by atoms with Crippen molar-refractivity contribution in [2.24, 2.45) is 0 Å². The van der Waals surface area contributed by atoms with Gasteiger partial charge in [0.25, 0.3) is 0 Å². The maximum absolute atomic E-state index is 10.4. The van der Waals surface area contributed by atoms with Gasteiger partial charge in [0.15, 0.2) is 0 Å². The molecule has 0 heterocycles. The van der Waals surface area contributed by atoms with Crippen LogP contribution in [0.2, 0.25) is 0 Å². The lowest BCUT2D eigenvalue weighted by Crippen LogP contribution is -2.20. The molecule has 3 aromatic carbocycles. The first kappa shape index (κ1) is 25.5. The summed E-state index contributed by atoms with van der Waals surface area (Å²) in [5.74, 6) is -0.421. The number of rotatable bonds is 6. The fourth-order valence-corrected chi connectivity index (χ4v) is 3.64. The standard InChI is InChI=1S/C19H24O2.C8H6O4/c1-13-14(2)18(21-6)12-11-17(13)19(3,4)15-7-9-16(20-5)10-8-15;9-7(10)5-2-1-3-6(4-5)8(11)12/h7-12H,1-6H3;1-4H,(H,9,10)(H,11,12). The molecule has 0 unspecified atom stereocenters. The van der Waals surface area contributed by atoms with Crippen LogP contribution in [0.3, 0.4) is 0 Å². The van der Waals surface area contributed by atoms with E-state index in [2.05, 4.69) is 52.0 Å². The van der Waals surface area contributed by atoms with Crippen molar-refractivity contribution in [1.29, 1.82) is 0 Å². The van der Waals surface area contributed by atoms with Gasteiger partial charge in [-0.1, -0.05) is 38.1 Å². The first-order chi connectivity index (χ1) is 15.5. The van der Waals surface area contributed by atoms with Crippen LogP contribution >= 0.6 is 0 Å². The predicted molar refractivity (Wildman–Crippen MR) is 128 cm³/mol. The molecular weight excluding hydrogens is 420 g/mol. The van der Waals surface area contributed by atoms with Crippen molar-refractivity contribution in [3.63, 3.8) is 0 Å². The van der Waals surface area contributed by atoms with Gasteiger partial charge in [-0.3, -0.25) is 0 Å². The monoisotopic (exact) mass is 450 g/mol. The first-order valence-electron chi connectivity index (χ1n) is 10.4. The SMILES string of the molecule is COc1ccc(C(C)(C)c2ccc(OC)c(C)c2C)cc1.O=C(O)c1cccc(C(=O)O)c1. The van der Waals surface area contributed by atoms with Crippen molar-refractivity contribution in [1.82, 2.24) is 0 Å². The van der Waals surface area contributed by atoms with Gasteiger partial charge in [0.05, 0.1) is 25.3 Å². The molecule has 0 radical (unpaired) electrons. The fourth-order valence-electron chi connectivity index (χ4n) is 3.64. The summed E-state index contributed by atoms with van der Waals surface area (Å²) in [6.07, 6.45) is 0. The highest BCUT2D eigenvalue weighted by Gasteiger charge is 2.26. The number of aromatic carboxylic acids is 2. The van der Waals surface area contributed by atoms with E-state index in [9.17, 15) is 9.59 Å². The van der Waals surface area contributed by atoms with Crippen LogP contribution in [0.4, 0.5) is 0 Å². The Morgan fingerprint density at radius 1 is 0.758 bits per heavy atom. The predicted octanol–water partition coefficient (Wildman–Crippen LogP) is 5.73. The van der Waals surface area contributed by atoms with Gasteiger partial charge in [0.2, 0.25) is 0 Å². The molecule has 3 rings (SSSR count). The van der Waals surface area contributed by atoms with E-state index < -0.39 is 11.9 Å². The van der Waals surface area contributed by atoms with Crippen LogP contribution in [-0.2, 0) is 5.41 Å². The van der Waals surface area contributed by atoms with Gasteiger partial charge in [-0.05, 0) is 72.5 Å². The number of hydrogen-bond donors (Lipinski definition) is 2. The molecule has 2 N–H and O–H groups in total. The molecule has 0 aliphatic carbocycles. The van der Waals surface area contributed by atoms with E-state index in [-0.39, 0.29) is 16.5 Å². The van der Waals surface area contributed by atoms with E-state index in [1.54, 1.807) is 14.2 Å². The second-order valence-corrected chi connectivity index (χ2v) is 8.11. The Balaban J connectivity index is 0.000000273. The summed E-state index contributed by atoms with van der Waals surface area (Å²) < 4.78 is 10.7. The Labute approximate surface area is 194 Å². The van der Waals surface area contributed by atoms with Crippen LogP contribution in [0, 0.1) is 13.8 Å². The van der Waals surface area contributed by atoms with Crippen molar-refractivity contribution in [3.05, 3.63) is 94.0 Å². The van der Waals surface area contributed by atoms with Crippen molar-refractivity contribution in [2.75, 3.05) is 14.2 Å². The number of carboxylic acids is 2. The zero-order valence-corrected chi connectivity index (χ0v) is 19.8. The number of methoxy groups -OCH3 is 2. The van der Waals surface area contributed by atoms with Crippen molar-refractivity contribution in [3.8, 4) is 11.5 Å². The third-order valence-corrected chi connectivity index (χ3v) is 5.80. The summed E-state index contributed by atoms with van der Waals surface area (Å²) in [6, 6.07) is 17.7. The number of ether oxygens (including phenoxy) is 2. The highest BCUT2D eigenvalue weighted by molar-refractivity contribution is 5.93. The van der Waals surface area contributed by atoms with Crippen LogP contribution in [0.15, 0.2) is 60.7 Å². The van der Waals surface area contributed by atoms with Crippen LogP contribution in [0.25, 0.3) is 0 Å². The highest BCUT2D eigenvalue weighted by Crippen LogP contribution is 2.37. The van der Waals surface area contributed by atoms with E-state index >= 15 is 0 Å². The van der Waals surface area contributed by atoms with Crippen LogP contribution < -0.4 is 9.47 Å². The van der Waals surface area contributed by atoms with Crippen LogP contribution in [0.1, 0.15) is 56.8 Å². The zero-order valence-electron chi connectivity index (χ0n) is 19.8. The summed E-state index contributed by atoms with van der Waals surface area (Å²) in [6.45, 7) is 8.78. The summed E-state index contributed by atoms with van der Waals surface area (Å²) in [7, 11) is 3.41. The molecule has 33 heavy (non-hydrogen) atoms.